The van der Waals surface area contributed by atoms with Gasteiger partial charge in [-0.15, -0.1) is 22.7 Å². The molecule has 34 heavy (non-hydrogen) atoms. The number of carbonyl (C=O) groups excluding carboxylic acids is 1. The maximum absolute atomic E-state index is 13.5. The molecule has 3 saturated heterocycles. The van der Waals surface area contributed by atoms with Crippen molar-refractivity contribution in [1.82, 2.24) is 0 Å². The Morgan fingerprint density at radius 2 is 1.71 bits per heavy atom. The quantitative estimate of drug-likeness (QED) is 0.343. The number of esters is 1. The predicted molar refractivity (Wildman–Crippen MR) is 138 cm³/mol. The van der Waals surface area contributed by atoms with Crippen LogP contribution in [-0.2, 0) is 15.1 Å². The largest absolute Gasteiger partial charge is 0.453 e. The minimum Gasteiger partial charge on any atom is -0.453 e. The third-order valence-corrected chi connectivity index (χ3v) is 9.63. The first-order chi connectivity index (χ1) is 16.5. The Hall–Kier alpha value is -2.19. The zero-order valence-electron chi connectivity index (χ0n) is 19.6. The van der Waals surface area contributed by atoms with Gasteiger partial charge < -0.3 is 19.2 Å². The van der Waals surface area contributed by atoms with Crippen LogP contribution in [0.5, 0.6) is 0 Å². The van der Waals surface area contributed by atoms with Crippen molar-refractivity contribution in [2.24, 2.45) is 5.92 Å². The third kappa shape index (κ3) is 4.54. The summed E-state index contributed by atoms with van der Waals surface area (Å²) in [5, 5.41) is 15.4. The summed E-state index contributed by atoms with van der Waals surface area (Å²) in [6.07, 6.45) is 3.14. The molecule has 0 spiro atoms. The second kappa shape index (κ2) is 9.82. The molecule has 3 fully saturated rings. The van der Waals surface area contributed by atoms with Gasteiger partial charge in [-0.25, -0.2) is 4.79 Å². The van der Waals surface area contributed by atoms with Crippen LogP contribution in [0, 0.1) is 5.92 Å². The molecule has 5 nitrogen and oxygen atoms in total. The highest BCUT2D eigenvalue weighted by atomic mass is 32.1. The summed E-state index contributed by atoms with van der Waals surface area (Å²) in [5.41, 5.74) is -0.481. The number of rotatable bonds is 9. The van der Waals surface area contributed by atoms with Gasteiger partial charge in [-0.3, -0.25) is 0 Å². The van der Waals surface area contributed by atoms with E-state index in [0.717, 1.165) is 56.5 Å². The molecule has 3 aliphatic rings. The minimum absolute atomic E-state index is 0.131. The Kier molecular flexibility index (Phi) is 6.80. The van der Waals surface area contributed by atoms with Gasteiger partial charge >= 0.3 is 5.97 Å². The highest BCUT2D eigenvalue weighted by Crippen LogP contribution is 2.40. The smallest absolute Gasteiger partial charge is 0.349 e. The molecule has 0 unspecified atom stereocenters. The molecule has 1 aromatic carbocycles. The van der Waals surface area contributed by atoms with Gasteiger partial charge in [-0.1, -0.05) is 30.3 Å². The number of quaternary nitrogens is 1. The number of fused-ring (bicyclic) bond motifs is 3. The maximum atomic E-state index is 13.5. The van der Waals surface area contributed by atoms with E-state index in [1.165, 1.54) is 28.4 Å². The molecule has 6 rings (SSSR count). The van der Waals surface area contributed by atoms with Crippen molar-refractivity contribution in [3.63, 3.8) is 0 Å². The first kappa shape index (κ1) is 23.5. The average molecular weight is 498 g/mol. The number of carbonyl (C=O) groups is 1. The Morgan fingerprint density at radius 3 is 2.29 bits per heavy atom. The lowest BCUT2D eigenvalue weighted by Crippen LogP contribution is -2.65. The van der Waals surface area contributed by atoms with E-state index in [1.54, 1.807) is 0 Å². The predicted octanol–water partition coefficient (Wildman–Crippen LogP) is 4.72. The molecule has 5 heterocycles. The molecular formula is C27H33N2O3S2+. The molecule has 0 saturated carbocycles. The van der Waals surface area contributed by atoms with Crippen LogP contribution < -0.4 is 4.90 Å². The van der Waals surface area contributed by atoms with Crippen molar-refractivity contribution in [2.45, 2.75) is 31.0 Å². The molecule has 7 heteroatoms. The van der Waals surface area contributed by atoms with E-state index in [1.807, 2.05) is 41.1 Å². The lowest BCUT2D eigenvalue weighted by atomic mass is 9.83. The number of hydrogen-bond acceptors (Lipinski definition) is 6. The van der Waals surface area contributed by atoms with Crippen molar-refractivity contribution in [2.75, 3.05) is 44.7 Å². The van der Waals surface area contributed by atoms with E-state index < -0.39 is 11.6 Å². The van der Waals surface area contributed by atoms with E-state index in [4.69, 9.17) is 4.74 Å². The lowest BCUT2D eigenvalue weighted by molar-refractivity contribution is -0.946. The number of ether oxygens (including phenoxy) is 1. The fourth-order valence-corrected chi connectivity index (χ4v) is 7.35. The van der Waals surface area contributed by atoms with Crippen molar-refractivity contribution in [3.8, 4) is 0 Å². The zero-order chi connectivity index (χ0) is 23.6. The van der Waals surface area contributed by atoms with Gasteiger partial charge in [0, 0.05) is 44.5 Å². The number of piperidine rings is 3. The average Bonchev–Trinajstić information content (AvgIpc) is 3.60. The molecule has 0 amide bonds. The standard InChI is InChI=1S/C27H33N2O3S2/c1-28(22-8-3-2-4-9-22)14-7-15-29-16-12-21(13-17-29)23(20-29)32-26(30)27(31,24-10-5-18-33-24)25-11-6-19-34-25/h2-6,8-11,18-19,21,23,31H,7,12-17,20H2,1H3/q+1/t21?,23-,29?/m0/s1. The number of benzene rings is 1. The zero-order valence-corrected chi connectivity index (χ0v) is 21.3. The van der Waals surface area contributed by atoms with Gasteiger partial charge in [0.15, 0.2) is 6.10 Å². The summed E-state index contributed by atoms with van der Waals surface area (Å²) >= 11 is 2.78. The van der Waals surface area contributed by atoms with Gasteiger partial charge in [0.2, 0.25) is 5.60 Å². The Balaban J connectivity index is 1.25. The molecule has 2 bridgehead atoms. The highest BCUT2D eigenvalue weighted by Gasteiger charge is 2.51. The molecule has 3 aliphatic heterocycles. The lowest BCUT2D eigenvalue weighted by Gasteiger charge is -2.52. The number of para-hydroxylation sites is 1. The van der Waals surface area contributed by atoms with Crippen LogP contribution in [0.25, 0.3) is 0 Å². The Labute approximate surface area is 209 Å². The second-order valence-electron chi connectivity index (χ2n) is 9.75. The Morgan fingerprint density at radius 1 is 1.06 bits per heavy atom. The van der Waals surface area contributed by atoms with Gasteiger partial charge in [-0.05, 0) is 35.0 Å². The summed E-state index contributed by atoms with van der Waals surface area (Å²) in [4.78, 5) is 17.1. The third-order valence-electron chi connectivity index (χ3n) is 7.67. The monoisotopic (exact) mass is 497 g/mol. The van der Waals surface area contributed by atoms with Crippen LogP contribution in [-0.4, -0.2) is 61.4 Å². The topological polar surface area (TPSA) is 49.8 Å². The molecular weight excluding hydrogens is 464 g/mol. The summed E-state index contributed by atoms with van der Waals surface area (Å²) in [6.45, 7) is 5.28. The normalized spacial score (nSPS) is 24.2. The van der Waals surface area contributed by atoms with Gasteiger partial charge in [0.05, 0.1) is 29.4 Å². The summed E-state index contributed by atoms with van der Waals surface area (Å²) < 4.78 is 7.18. The van der Waals surface area contributed by atoms with Crippen LogP contribution in [0.2, 0.25) is 0 Å². The van der Waals surface area contributed by atoms with Crippen molar-refractivity contribution in [1.29, 1.82) is 0 Å². The second-order valence-corrected chi connectivity index (χ2v) is 11.6. The van der Waals surface area contributed by atoms with Crippen LogP contribution in [0.4, 0.5) is 5.69 Å². The summed E-state index contributed by atoms with van der Waals surface area (Å²) in [7, 11) is 2.15. The van der Waals surface area contributed by atoms with Crippen molar-refractivity contribution >= 4 is 34.3 Å². The highest BCUT2D eigenvalue weighted by molar-refractivity contribution is 7.12. The van der Waals surface area contributed by atoms with E-state index in [2.05, 4.69) is 36.2 Å². The summed E-state index contributed by atoms with van der Waals surface area (Å²) in [5.74, 6) is -0.134. The number of thiophene rings is 2. The van der Waals surface area contributed by atoms with Crippen molar-refractivity contribution < 1.29 is 19.1 Å². The molecule has 2 aromatic heterocycles. The van der Waals surface area contributed by atoms with Gasteiger partial charge in [0.1, 0.15) is 6.54 Å². The number of aliphatic hydroxyl groups is 1. The van der Waals surface area contributed by atoms with Gasteiger partial charge in [-0.2, -0.15) is 0 Å². The van der Waals surface area contributed by atoms with Crippen LogP contribution in [0.3, 0.4) is 0 Å². The van der Waals surface area contributed by atoms with Crippen LogP contribution >= 0.6 is 22.7 Å². The summed E-state index contributed by atoms with van der Waals surface area (Å²) in [6, 6.07) is 17.9. The molecule has 180 valence electrons. The van der Waals surface area contributed by atoms with Crippen LogP contribution in [0.15, 0.2) is 65.4 Å². The fraction of sp³-hybridized carbons (Fsp3) is 0.444. The minimum atomic E-state index is -1.72. The first-order valence-corrected chi connectivity index (χ1v) is 13.9. The number of nitrogens with zero attached hydrogens (tertiary/aromatic N) is 2. The molecule has 0 radical (unpaired) electrons. The first-order valence-electron chi connectivity index (χ1n) is 12.1. The Bertz CT molecular complexity index is 1030. The number of anilines is 1. The molecule has 1 N–H and O–H groups in total. The SMILES string of the molecule is CN(CCC[N+]12CCC(CC1)[C@@H](OC(=O)C(O)(c1cccs1)c1cccs1)C2)c1ccccc1. The van der Waals surface area contributed by atoms with E-state index >= 15 is 0 Å². The van der Waals surface area contributed by atoms with Crippen molar-refractivity contribution in [3.05, 3.63) is 75.1 Å². The van der Waals surface area contributed by atoms with E-state index in [-0.39, 0.29) is 6.10 Å². The number of hydrogen-bond donors (Lipinski definition) is 1. The van der Waals surface area contributed by atoms with E-state index in [0.29, 0.717) is 15.7 Å². The van der Waals surface area contributed by atoms with E-state index in [9.17, 15) is 9.90 Å². The maximum Gasteiger partial charge on any atom is 0.349 e. The molecule has 3 aromatic rings. The molecule has 0 aliphatic carbocycles. The molecule has 1 atom stereocenters. The fourth-order valence-electron chi connectivity index (χ4n) is 5.64. The van der Waals surface area contributed by atoms with Crippen LogP contribution in [0.1, 0.15) is 29.0 Å². The van der Waals surface area contributed by atoms with Gasteiger partial charge in [0.25, 0.3) is 0 Å².